The zero-order valence-corrected chi connectivity index (χ0v) is 15.5. The molecule has 6 nitrogen and oxygen atoms in total. The third kappa shape index (κ3) is 5.39. The topological polar surface area (TPSA) is 85.1 Å². The summed E-state index contributed by atoms with van der Waals surface area (Å²) in [6, 6.07) is 16.6. The Morgan fingerprint density at radius 2 is 1.73 bits per heavy atom. The zero-order valence-electron chi connectivity index (χ0n) is 13.9. The van der Waals surface area contributed by atoms with Crippen LogP contribution in [0.4, 0.5) is 0 Å². The molecule has 3 aromatic rings. The number of hydrogen-bond acceptors (Lipinski definition) is 5. The van der Waals surface area contributed by atoms with Gasteiger partial charge < -0.3 is 4.52 Å². The van der Waals surface area contributed by atoms with Crippen LogP contribution in [0.3, 0.4) is 0 Å². The van der Waals surface area contributed by atoms with Gasteiger partial charge in [-0.15, -0.1) is 0 Å². The van der Waals surface area contributed by atoms with Crippen LogP contribution in [-0.4, -0.2) is 30.9 Å². The van der Waals surface area contributed by atoms with Crippen LogP contribution < -0.4 is 4.72 Å². The largest absolute Gasteiger partial charge is 0.339 e. The van der Waals surface area contributed by atoms with Crippen LogP contribution in [0.5, 0.6) is 0 Å². The SMILES string of the molecule is O=S(=O)(CCc1ccccc1)NCCc1nc(-c2ccc(Cl)cc2)no1. The molecular formula is C18H18ClN3O3S. The molecule has 0 spiro atoms. The van der Waals surface area contributed by atoms with E-state index in [1.54, 1.807) is 24.3 Å². The maximum atomic E-state index is 12.1. The van der Waals surface area contributed by atoms with Crippen molar-refractivity contribution in [2.24, 2.45) is 0 Å². The van der Waals surface area contributed by atoms with E-state index in [1.165, 1.54) is 0 Å². The van der Waals surface area contributed by atoms with Crippen LogP contribution in [0.15, 0.2) is 59.1 Å². The van der Waals surface area contributed by atoms with Gasteiger partial charge in [-0.1, -0.05) is 47.1 Å². The van der Waals surface area contributed by atoms with Crippen molar-refractivity contribution in [1.29, 1.82) is 0 Å². The summed E-state index contributed by atoms with van der Waals surface area (Å²) in [7, 11) is -3.35. The highest BCUT2D eigenvalue weighted by molar-refractivity contribution is 7.89. The number of halogens is 1. The monoisotopic (exact) mass is 391 g/mol. The van der Waals surface area contributed by atoms with E-state index in [4.69, 9.17) is 16.1 Å². The van der Waals surface area contributed by atoms with Gasteiger partial charge in [-0.3, -0.25) is 0 Å². The highest BCUT2D eigenvalue weighted by Crippen LogP contribution is 2.18. The number of nitrogens with zero attached hydrogens (tertiary/aromatic N) is 2. The van der Waals surface area contributed by atoms with Crippen LogP contribution in [0.25, 0.3) is 11.4 Å². The molecule has 3 rings (SSSR count). The minimum atomic E-state index is -3.35. The second-order valence-electron chi connectivity index (χ2n) is 5.72. The number of nitrogens with one attached hydrogen (secondary N) is 1. The Hall–Kier alpha value is -2.22. The summed E-state index contributed by atoms with van der Waals surface area (Å²) < 4.78 is 31.9. The molecule has 1 N–H and O–H groups in total. The fourth-order valence-electron chi connectivity index (χ4n) is 2.36. The first-order chi connectivity index (χ1) is 12.5. The number of benzene rings is 2. The van der Waals surface area contributed by atoms with Crippen molar-refractivity contribution in [1.82, 2.24) is 14.9 Å². The summed E-state index contributed by atoms with van der Waals surface area (Å²) in [6.07, 6.45) is 0.794. The Kier molecular flexibility index (Phi) is 6.03. The van der Waals surface area contributed by atoms with Crippen molar-refractivity contribution in [3.63, 3.8) is 0 Å². The van der Waals surface area contributed by atoms with Gasteiger partial charge in [-0.25, -0.2) is 13.1 Å². The summed E-state index contributed by atoms with van der Waals surface area (Å²) in [5.41, 5.74) is 1.77. The Bertz CT molecular complexity index is 941. The van der Waals surface area contributed by atoms with Gasteiger partial charge in [0.05, 0.1) is 5.75 Å². The standard InChI is InChI=1S/C18H18ClN3O3S/c19-16-8-6-15(7-9-16)18-21-17(25-22-18)10-12-20-26(23,24)13-11-14-4-2-1-3-5-14/h1-9,20H,10-13H2. The van der Waals surface area contributed by atoms with Crippen molar-refractivity contribution < 1.29 is 12.9 Å². The van der Waals surface area contributed by atoms with Gasteiger partial charge in [0.1, 0.15) is 0 Å². The zero-order chi connectivity index (χ0) is 18.4. The molecule has 0 aliphatic heterocycles. The van der Waals surface area contributed by atoms with Crippen molar-refractivity contribution in [2.75, 3.05) is 12.3 Å². The molecule has 136 valence electrons. The third-order valence-electron chi connectivity index (χ3n) is 3.73. The first kappa shape index (κ1) is 18.6. The second-order valence-corrected chi connectivity index (χ2v) is 8.08. The van der Waals surface area contributed by atoms with Crippen molar-refractivity contribution in [3.8, 4) is 11.4 Å². The highest BCUT2D eigenvalue weighted by Gasteiger charge is 2.12. The maximum absolute atomic E-state index is 12.1. The van der Waals surface area contributed by atoms with Gasteiger partial charge in [0, 0.05) is 23.6 Å². The average Bonchev–Trinajstić information content (AvgIpc) is 3.10. The van der Waals surface area contributed by atoms with Crippen LogP contribution in [-0.2, 0) is 22.9 Å². The lowest BCUT2D eigenvalue weighted by molar-refractivity contribution is 0.379. The van der Waals surface area contributed by atoms with Gasteiger partial charge in [0.25, 0.3) is 0 Å². The van der Waals surface area contributed by atoms with Gasteiger partial charge in [0.15, 0.2) is 0 Å². The summed E-state index contributed by atoms with van der Waals surface area (Å²) >= 11 is 5.85. The first-order valence-corrected chi connectivity index (χ1v) is 10.1. The molecule has 26 heavy (non-hydrogen) atoms. The molecule has 0 aliphatic rings. The van der Waals surface area contributed by atoms with Gasteiger partial charge in [-0.05, 0) is 36.2 Å². The van der Waals surface area contributed by atoms with Crippen LogP contribution >= 0.6 is 11.6 Å². The van der Waals surface area contributed by atoms with Crippen LogP contribution in [0, 0.1) is 0 Å². The normalized spacial score (nSPS) is 11.6. The number of aryl methyl sites for hydroxylation is 1. The van der Waals surface area contributed by atoms with E-state index in [1.807, 2.05) is 30.3 Å². The quantitative estimate of drug-likeness (QED) is 0.637. The Balaban J connectivity index is 1.49. The summed E-state index contributed by atoms with van der Waals surface area (Å²) in [4.78, 5) is 4.27. The van der Waals surface area contributed by atoms with E-state index in [0.717, 1.165) is 11.1 Å². The molecular weight excluding hydrogens is 374 g/mol. The molecule has 0 unspecified atom stereocenters. The molecule has 0 bridgehead atoms. The average molecular weight is 392 g/mol. The van der Waals surface area contributed by atoms with Crippen LogP contribution in [0.1, 0.15) is 11.5 Å². The van der Waals surface area contributed by atoms with E-state index in [0.29, 0.717) is 29.6 Å². The lowest BCUT2D eigenvalue weighted by atomic mass is 10.2. The van der Waals surface area contributed by atoms with Crippen molar-refractivity contribution in [3.05, 3.63) is 71.1 Å². The summed E-state index contributed by atoms with van der Waals surface area (Å²) in [6.45, 7) is 0.208. The van der Waals surface area contributed by atoms with E-state index in [9.17, 15) is 8.42 Å². The number of sulfonamides is 1. The van der Waals surface area contributed by atoms with E-state index in [2.05, 4.69) is 14.9 Å². The van der Waals surface area contributed by atoms with Crippen molar-refractivity contribution in [2.45, 2.75) is 12.8 Å². The predicted octanol–water partition coefficient (Wildman–Crippen LogP) is 3.09. The molecule has 0 fully saturated rings. The smallest absolute Gasteiger partial charge is 0.228 e. The number of aromatic nitrogens is 2. The van der Waals surface area contributed by atoms with Crippen LogP contribution in [0.2, 0.25) is 5.02 Å². The molecule has 1 heterocycles. The fourth-order valence-corrected chi connectivity index (χ4v) is 3.54. The lowest BCUT2D eigenvalue weighted by Crippen LogP contribution is -2.29. The fraction of sp³-hybridized carbons (Fsp3) is 0.222. The summed E-state index contributed by atoms with van der Waals surface area (Å²) in [5, 5.41) is 4.53. The molecule has 0 amide bonds. The Labute approximate surface area is 157 Å². The predicted molar refractivity (Wildman–Crippen MR) is 100 cm³/mol. The molecule has 0 atom stereocenters. The molecule has 0 radical (unpaired) electrons. The molecule has 0 saturated carbocycles. The molecule has 0 aliphatic carbocycles. The molecule has 1 aromatic heterocycles. The van der Waals surface area contributed by atoms with E-state index < -0.39 is 10.0 Å². The molecule has 0 saturated heterocycles. The summed E-state index contributed by atoms with van der Waals surface area (Å²) in [5.74, 6) is 0.862. The number of rotatable bonds is 8. The second kappa shape index (κ2) is 8.44. The highest BCUT2D eigenvalue weighted by atomic mass is 35.5. The van der Waals surface area contributed by atoms with Gasteiger partial charge in [0.2, 0.25) is 21.7 Å². The van der Waals surface area contributed by atoms with Gasteiger partial charge in [-0.2, -0.15) is 4.98 Å². The molecule has 8 heteroatoms. The maximum Gasteiger partial charge on any atom is 0.228 e. The minimum absolute atomic E-state index is 0.0386. The lowest BCUT2D eigenvalue weighted by Gasteiger charge is -2.05. The molecule has 2 aromatic carbocycles. The minimum Gasteiger partial charge on any atom is -0.339 e. The van der Waals surface area contributed by atoms with Crippen molar-refractivity contribution >= 4 is 21.6 Å². The third-order valence-corrected chi connectivity index (χ3v) is 5.37. The number of hydrogen-bond donors (Lipinski definition) is 1. The van der Waals surface area contributed by atoms with E-state index >= 15 is 0 Å². The first-order valence-electron chi connectivity index (χ1n) is 8.12. The van der Waals surface area contributed by atoms with E-state index in [-0.39, 0.29) is 12.3 Å². The Morgan fingerprint density at radius 1 is 1.00 bits per heavy atom. The Morgan fingerprint density at radius 3 is 2.46 bits per heavy atom. The van der Waals surface area contributed by atoms with Gasteiger partial charge >= 0.3 is 0 Å².